The van der Waals surface area contributed by atoms with Crippen LogP contribution < -0.4 is 24.8 Å². The molecule has 3 aromatic rings. The summed E-state index contributed by atoms with van der Waals surface area (Å²) >= 11 is 0. The Kier molecular flexibility index (Phi) is 8.66. The van der Waals surface area contributed by atoms with Crippen LogP contribution in [0.4, 0.5) is 5.69 Å². The van der Waals surface area contributed by atoms with Crippen molar-refractivity contribution >= 4 is 23.5 Å². The van der Waals surface area contributed by atoms with Gasteiger partial charge < -0.3 is 29.6 Å². The van der Waals surface area contributed by atoms with Gasteiger partial charge in [-0.3, -0.25) is 14.4 Å². The molecule has 2 N–H and O–H groups in total. The number of carbonyl (C=O) groups excluding carboxylic acids is 3. The number of ether oxygens (including phenoxy) is 4. The Hall–Kier alpha value is -4.53. The Morgan fingerprint density at radius 3 is 2.00 bits per heavy atom. The summed E-state index contributed by atoms with van der Waals surface area (Å²) in [4.78, 5) is 36.9. The first-order valence-electron chi connectivity index (χ1n) is 10.7. The summed E-state index contributed by atoms with van der Waals surface area (Å²) in [5, 5.41) is 5.12. The maximum Gasteiger partial charge on any atom is 0.326 e. The highest BCUT2D eigenvalue weighted by Gasteiger charge is 2.19. The van der Waals surface area contributed by atoms with Gasteiger partial charge >= 0.3 is 5.97 Å². The highest BCUT2D eigenvalue weighted by Crippen LogP contribution is 2.23. The number of nitrogens with one attached hydrogen (secondary N) is 2. The molecule has 35 heavy (non-hydrogen) atoms. The number of hydrogen-bond acceptors (Lipinski definition) is 7. The minimum Gasteiger partial charge on any atom is -0.497 e. The first kappa shape index (κ1) is 25.1. The molecule has 3 aromatic carbocycles. The van der Waals surface area contributed by atoms with Gasteiger partial charge in [0.1, 0.15) is 29.5 Å². The molecule has 2 amide bonds. The number of amides is 2. The predicted molar refractivity (Wildman–Crippen MR) is 129 cm³/mol. The van der Waals surface area contributed by atoms with Crippen molar-refractivity contribution in [2.75, 3.05) is 26.1 Å². The number of esters is 1. The number of methoxy groups -OCH3 is 2. The van der Waals surface area contributed by atoms with Crippen molar-refractivity contribution in [1.82, 2.24) is 5.32 Å². The first-order valence-corrected chi connectivity index (χ1v) is 10.7. The molecule has 0 aromatic heterocycles. The monoisotopic (exact) mass is 478 g/mol. The molecule has 9 nitrogen and oxygen atoms in total. The molecule has 0 saturated carbocycles. The molecule has 0 fully saturated rings. The van der Waals surface area contributed by atoms with Gasteiger partial charge in [0.25, 0.3) is 11.8 Å². The van der Waals surface area contributed by atoms with Crippen molar-refractivity contribution in [1.29, 1.82) is 0 Å². The SMILES string of the molecule is COc1cc(OC)cc(C(=O)NCC(=O)OC(C)C(=O)Nc2ccc(Oc3ccccc3)cc2)c1. The average Bonchev–Trinajstić information content (AvgIpc) is 2.88. The standard InChI is InChI=1S/C26H26N2O7/c1-17(25(30)28-19-9-11-21(12-10-19)35-20-7-5-4-6-8-20)34-24(29)16-27-26(31)18-13-22(32-2)15-23(14-18)33-3/h4-15,17H,16H2,1-3H3,(H,27,31)(H,28,30). The van der Waals surface area contributed by atoms with Crippen LogP contribution in [-0.4, -0.2) is 44.7 Å². The van der Waals surface area contributed by atoms with Crippen molar-refractivity contribution in [3.8, 4) is 23.0 Å². The molecule has 0 aliphatic rings. The third-order valence-corrected chi connectivity index (χ3v) is 4.79. The zero-order chi connectivity index (χ0) is 25.2. The molecule has 0 radical (unpaired) electrons. The van der Waals surface area contributed by atoms with Gasteiger partial charge in [0.2, 0.25) is 0 Å². The number of anilines is 1. The summed E-state index contributed by atoms with van der Waals surface area (Å²) in [6.45, 7) is 1.02. The lowest BCUT2D eigenvalue weighted by atomic mass is 10.2. The van der Waals surface area contributed by atoms with Gasteiger partial charge in [-0.15, -0.1) is 0 Å². The number of benzene rings is 3. The lowest BCUT2D eigenvalue weighted by Crippen LogP contribution is -2.35. The zero-order valence-corrected chi connectivity index (χ0v) is 19.6. The topological polar surface area (TPSA) is 112 Å². The van der Waals surface area contributed by atoms with Crippen molar-refractivity contribution < 1.29 is 33.3 Å². The minimum atomic E-state index is -1.07. The van der Waals surface area contributed by atoms with Crippen LogP contribution in [-0.2, 0) is 14.3 Å². The van der Waals surface area contributed by atoms with Gasteiger partial charge in [-0.1, -0.05) is 18.2 Å². The van der Waals surface area contributed by atoms with Crippen LogP contribution in [0.3, 0.4) is 0 Å². The van der Waals surface area contributed by atoms with E-state index in [0.29, 0.717) is 28.7 Å². The Balaban J connectivity index is 1.47. The maximum absolute atomic E-state index is 12.4. The summed E-state index contributed by atoms with van der Waals surface area (Å²) in [6, 6.07) is 20.7. The van der Waals surface area contributed by atoms with E-state index in [9.17, 15) is 14.4 Å². The van der Waals surface area contributed by atoms with Crippen LogP contribution in [0.1, 0.15) is 17.3 Å². The Morgan fingerprint density at radius 1 is 0.800 bits per heavy atom. The molecule has 0 spiro atoms. The number of rotatable bonds is 10. The number of hydrogen-bond donors (Lipinski definition) is 2. The quantitative estimate of drug-likeness (QED) is 0.426. The number of carbonyl (C=O) groups is 3. The second kappa shape index (κ2) is 12.1. The van der Waals surface area contributed by atoms with E-state index in [1.165, 1.54) is 33.3 Å². The van der Waals surface area contributed by atoms with E-state index in [-0.39, 0.29) is 5.56 Å². The Labute approximate surface area is 203 Å². The zero-order valence-electron chi connectivity index (χ0n) is 19.6. The Morgan fingerprint density at radius 2 is 1.40 bits per heavy atom. The first-order chi connectivity index (χ1) is 16.9. The third-order valence-electron chi connectivity index (χ3n) is 4.79. The van der Waals surface area contributed by atoms with Crippen molar-refractivity contribution in [3.05, 3.63) is 78.4 Å². The molecule has 3 rings (SSSR count). The molecule has 182 valence electrons. The van der Waals surface area contributed by atoms with Crippen LogP contribution >= 0.6 is 0 Å². The van der Waals surface area contributed by atoms with E-state index in [0.717, 1.165) is 0 Å². The normalized spacial score (nSPS) is 11.1. The van der Waals surface area contributed by atoms with Gasteiger partial charge in [-0.2, -0.15) is 0 Å². The lowest BCUT2D eigenvalue weighted by molar-refractivity contribution is -0.152. The van der Waals surface area contributed by atoms with E-state index in [2.05, 4.69) is 10.6 Å². The third kappa shape index (κ3) is 7.50. The van der Waals surface area contributed by atoms with E-state index in [4.69, 9.17) is 18.9 Å². The van der Waals surface area contributed by atoms with Gasteiger partial charge in [-0.25, -0.2) is 0 Å². The maximum atomic E-state index is 12.4. The van der Waals surface area contributed by atoms with Crippen molar-refractivity contribution in [2.24, 2.45) is 0 Å². The summed E-state index contributed by atoms with van der Waals surface area (Å²) in [5.74, 6) is 0.375. The molecular formula is C26H26N2O7. The largest absolute Gasteiger partial charge is 0.497 e. The second-order valence-electron chi connectivity index (χ2n) is 7.34. The van der Waals surface area contributed by atoms with E-state index >= 15 is 0 Å². The fourth-order valence-corrected chi connectivity index (χ4v) is 2.96. The van der Waals surface area contributed by atoms with E-state index in [1.54, 1.807) is 30.3 Å². The van der Waals surface area contributed by atoms with E-state index in [1.807, 2.05) is 30.3 Å². The predicted octanol–water partition coefficient (Wildman–Crippen LogP) is 3.80. The lowest BCUT2D eigenvalue weighted by Gasteiger charge is -2.14. The van der Waals surface area contributed by atoms with E-state index < -0.39 is 30.4 Å². The highest BCUT2D eigenvalue weighted by atomic mass is 16.5. The fourth-order valence-electron chi connectivity index (χ4n) is 2.96. The highest BCUT2D eigenvalue weighted by molar-refractivity contribution is 5.98. The number of para-hydroxylation sites is 1. The molecule has 0 bridgehead atoms. The molecule has 0 aliphatic heterocycles. The van der Waals surface area contributed by atoms with Crippen LogP contribution in [0.2, 0.25) is 0 Å². The van der Waals surface area contributed by atoms with Gasteiger partial charge in [0.15, 0.2) is 6.10 Å². The van der Waals surface area contributed by atoms with Crippen LogP contribution in [0.25, 0.3) is 0 Å². The van der Waals surface area contributed by atoms with Gasteiger partial charge in [0.05, 0.1) is 14.2 Å². The smallest absolute Gasteiger partial charge is 0.326 e. The summed E-state index contributed by atoms with van der Waals surface area (Å²) in [6.07, 6.45) is -1.07. The summed E-state index contributed by atoms with van der Waals surface area (Å²) in [7, 11) is 2.93. The molecular weight excluding hydrogens is 452 g/mol. The molecule has 0 aliphatic carbocycles. The fraction of sp³-hybridized carbons (Fsp3) is 0.192. The van der Waals surface area contributed by atoms with Crippen LogP contribution in [0, 0.1) is 0 Å². The molecule has 9 heteroatoms. The van der Waals surface area contributed by atoms with Gasteiger partial charge in [0, 0.05) is 17.3 Å². The second-order valence-corrected chi connectivity index (χ2v) is 7.34. The van der Waals surface area contributed by atoms with Crippen LogP contribution in [0.15, 0.2) is 72.8 Å². The average molecular weight is 479 g/mol. The molecule has 0 heterocycles. The van der Waals surface area contributed by atoms with Crippen molar-refractivity contribution in [3.63, 3.8) is 0 Å². The molecule has 1 atom stereocenters. The summed E-state index contributed by atoms with van der Waals surface area (Å²) < 4.78 is 21.1. The Bertz CT molecular complexity index is 1140. The summed E-state index contributed by atoms with van der Waals surface area (Å²) in [5.41, 5.74) is 0.762. The molecule has 1 unspecified atom stereocenters. The van der Waals surface area contributed by atoms with Gasteiger partial charge in [-0.05, 0) is 55.5 Å². The van der Waals surface area contributed by atoms with Crippen LogP contribution in [0.5, 0.6) is 23.0 Å². The minimum absolute atomic E-state index is 0.250. The van der Waals surface area contributed by atoms with Crippen molar-refractivity contribution in [2.45, 2.75) is 13.0 Å². The molecule has 0 saturated heterocycles.